The molecule has 0 fully saturated rings. The van der Waals surface area contributed by atoms with Crippen molar-refractivity contribution in [1.82, 2.24) is 4.57 Å². The first-order chi connectivity index (χ1) is 7.93. The Morgan fingerprint density at radius 3 is 2.65 bits per heavy atom. The number of hydrogen-bond donors (Lipinski definition) is 1. The number of fused-ring (bicyclic) bond motifs is 1. The number of aliphatic hydroxyl groups is 1. The van der Waals surface area contributed by atoms with E-state index in [1.165, 1.54) is 6.26 Å². The molecule has 1 heterocycles. The molecular weight excluding hydrogens is 238 g/mol. The summed E-state index contributed by atoms with van der Waals surface area (Å²) in [6.45, 7) is 0.0578. The van der Waals surface area contributed by atoms with Gasteiger partial charge in [-0.05, 0) is 30.2 Å². The van der Waals surface area contributed by atoms with Gasteiger partial charge in [-0.2, -0.15) is 0 Å². The van der Waals surface area contributed by atoms with E-state index in [9.17, 15) is 8.42 Å². The summed E-state index contributed by atoms with van der Waals surface area (Å²) in [6.07, 6.45) is 3.65. The van der Waals surface area contributed by atoms with Gasteiger partial charge in [0.25, 0.3) is 0 Å². The van der Waals surface area contributed by atoms with Crippen molar-refractivity contribution in [1.29, 1.82) is 0 Å². The average Bonchev–Trinajstić information content (AvgIpc) is 2.55. The Bertz CT molecular complexity index is 656. The summed E-state index contributed by atoms with van der Waals surface area (Å²) in [7, 11) is -1.28. The number of rotatable bonds is 3. The molecule has 0 radical (unpaired) electrons. The highest BCUT2D eigenvalue weighted by Gasteiger charge is 2.11. The van der Waals surface area contributed by atoms with Crippen LogP contribution in [-0.4, -0.2) is 31.0 Å². The minimum absolute atomic E-state index is 0.0578. The van der Waals surface area contributed by atoms with Crippen LogP contribution in [0.5, 0.6) is 0 Å². The fourth-order valence-electron chi connectivity index (χ4n) is 2.00. The number of hydrogen-bond acceptors (Lipinski definition) is 3. The van der Waals surface area contributed by atoms with Gasteiger partial charge in [0, 0.05) is 37.0 Å². The van der Waals surface area contributed by atoms with Crippen molar-refractivity contribution in [3.63, 3.8) is 0 Å². The van der Waals surface area contributed by atoms with Crippen LogP contribution in [0.3, 0.4) is 0 Å². The van der Waals surface area contributed by atoms with Gasteiger partial charge in [-0.3, -0.25) is 0 Å². The van der Waals surface area contributed by atoms with Crippen molar-refractivity contribution in [2.45, 2.75) is 11.3 Å². The van der Waals surface area contributed by atoms with E-state index in [1.807, 2.05) is 17.8 Å². The zero-order chi connectivity index (χ0) is 12.6. The predicted molar refractivity (Wildman–Crippen MR) is 66.8 cm³/mol. The number of benzene rings is 1. The minimum atomic E-state index is -3.19. The topological polar surface area (TPSA) is 59.3 Å². The molecule has 4 nitrogen and oxygen atoms in total. The van der Waals surface area contributed by atoms with Crippen molar-refractivity contribution in [3.8, 4) is 0 Å². The predicted octanol–water partition coefficient (Wildman–Crippen LogP) is 1.12. The zero-order valence-electron chi connectivity index (χ0n) is 9.84. The molecule has 5 heteroatoms. The van der Waals surface area contributed by atoms with Crippen LogP contribution >= 0.6 is 0 Å². The van der Waals surface area contributed by atoms with Gasteiger partial charge in [-0.1, -0.05) is 0 Å². The van der Waals surface area contributed by atoms with Crippen molar-refractivity contribution < 1.29 is 13.5 Å². The molecule has 1 aromatic carbocycles. The summed E-state index contributed by atoms with van der Waals surface area (Å²) in [4.78, 5) is 0.315. The van der Waals surface area contributed by atoms with Crippen LogP contribution < -0.4 is 0 Å². The van der Waals surface area contributed by atoms with E-state index in [-0.39, 0.29) is 6.61 Å². The molecule has 2 rings (SSSR count). The molecular formula is C12H15NO3S. The summed E-state index contributed by atoms with van der Waals surface area (Å²) in [5.41, 5.74) is 1.94. The van der Waals surface area contributed by atoms with Crippen LogP contribution in [0, 0.1) is 0 Å². The Hall–Kier alpha value is -1.33. The number of aryl methyl sites for hydroxylation is 1. The van der Waals surface area contributed by atoms with Gasteiger partial charge >= 0.3 is 0 Å². The molecule has 0 saturated heterocycles. The Balaban J connectivity index is 2.70. The second-order valence-corrected chi connectivity index (χ2v) is 6.21. The molecule has 17 heavy (non-hydrogen) atoms. The first-order valence-corrected chi connectivity index (χ1v) is 7.21. The maximum absolute atomic E-state index is 11.5. The smallest absolute Gasteiger partial charge is 0.175 e. The molecule has 0 saturated carbocycles. The van der Waals surface area contributed by atoms with Gasteiger partial charge in [0.15, 0.2) is 9.84 Å². The molecule has 0 unspecified atom stereocenters. The van der Waals surface area contributed by atoms with Gasteiger partial charge in [0.1, 0.15) is 0 Å². The molecule has 1 aromatic heterocycles. The number of sulfone groups is 1. The Morgan fingerprint density at radius 1 is 1.35 bits per heavy atom. The van der Waals surface area contributed by atoms with E-state index < -0.39 is 9.84 Å². The van der Waals surface area contributed by atoms with Gasteiger partial charge < -0.3 is 9.67 Å². The lowest BCUT2D eigenvalue weighted by Gasteiger charge is -2.01. The molecule has 0 aliphatic rings. The molecule has 92 valence electrons. The highest BCUT2D eigenvalue weighted by Crippen LogP contribution is 2.24. The van der Waals surface area contributed by atoms with E-state index in [1.54, 1.807) is 18.2 Å². The SMILES string of the molecule is Cn1cc(CCO)c2cc(S(C)(=O)=O)ccc21. The maximum atomic E-state index is 11.5. The molecule has 0 atom stereocenters. The third-order valence-electron chi connectivity index (χ3n) is 2.85. The van der Waals surface area contributed by atoms with Crippen LogP contribution in [-0.2, 0) is 23.3 Å². The minimum Gasteiger partial charge on any atom is -0.396 e. The van der Waals surface area contributed by atoms with E-state index in [0.29, 0.717) is 11.3 Å². The second kappa shape index (κ2) is 4.16. The standard InChI is InChI=1S/C12H15NO3S/c1-13-8-9(5-6-14)11-7-10(17(2,15)16)3-4-12(11)13/h3-4,7-8,14H,5-6H2,1-2H3. The molecule has 0 amide bonds. The molecule has 0 aliphatic carbocycles. The second-order valence-electron chi connectivity index (χ2n) is 4.19. The summed E-state index contributed by atoms with van der Waals surface area (Å²) < 4.78 is 24.9. The summed E-state index contributed by atoms with van der Waals surface area (Å²) in [6, 6.07) is 5.09. The highest BCUT2D eigenvalue weighted by molar-refractivity contribution is 7.90. The fourth-order valence-corrected chi connectivity index (χ4v) is 2.65. The first-order valence-electron chi connectivity index (χ1n) is 5.32. The molecule has 0 spiro atoms. The molecule has 0 aliphatic heterocycles. The van der Waals surface area contributed by atoms with Crippen LogP contribution in [0.25, 0.3) is 10.9 Å². The van der Waals surface area contributed by atoms with Crippen molar-refractivity contribution in [3.05, 3.63) is 30.0 Å². The lowest BCUT2D eigenvalue weighted by atomic mass is 10.1. The lowest BCUT2D eigenvalue weighted by molar-refractivity contribution is 0.300. The summed E-state index contributed by atoms with van der Waals surface area (Å²) >= 11 is 0. The fraction of sp³-hybridized carbons (Fsp3) is 0.333. The Kier molecular flexibility index (Phi) is 2.97. The zero-order valence-corrected chi connectivity index (χ0v) is 10.7. The lowest BCUT2D eigenvalue weighted by Crippen LogP contribution is -1.97. The van der Waals surface area contributed by atoms with Crippen molar-refractivity contribution >= 4 is 20.7 Å². The summed E-state index contributed by atoms with van der Waals surface area (Å²) in [5.74, 6) is 0. The van der Waals surface area contributed by atoms with E-state index >= 15 is 0 Å². The molecule has 2 aromatic rings. The quantitative estimate of drug-likeness (QED) is 0.891. The highest BCUT2D eigenvalue weighted by atomic mass is 32.2. The molecule has 0 bridgehead atoms. The molecule has 1 N–H and O–H groups in total. The largest absolute Gasteiger partial charge is 0.396 e. The Labute approximate surface area is 100 Å². The third kappa shape index (κ3) is 2.21. The Morgan fingerprint density at radius 2 is 2.06 bits per heavy atom. The van der Waals surface area contributed by atoms with Crippen LogP contribution in [0.2, 0.25) is 0 Å². The van der Waals surface area contributed by atoms with E-state index in [2.05, 4.69) is 0 Å². The monoisotopic (exact) mass is 253 g/mol. The van der Waals surface area contributed by atoms with E-state index in [0.717, 1.165) is 16.5 Å². The normalized spacial score (nSPS) is 12.2. The van der Waals surface area contributed by atoms with Crippen molar-refractivity contribution in [2.24, 2.45) is 7.05 Å². The van der Waals surface area contributed by atoms with Crippen molar-refractivity contribution in [2.75, 3.05) is 12.9 Å². The van der Waals surface area contributed by atoms with Crippen LogP contribution in [0.15, 0.2) is 29.3 Å². The van der Waals surface area contributed by atoms with Gasteiger partial charge in [0.2, 0.25) is 0 Å². The van der Waals surface area contributed by atoms with Gasteiger partial charge in [-0.15, -0.1) is 0 Å². The number of aromatic nitrogens is 1. The third-order valence-corrected chi connectivity index (χ3v) is 3.96. The first kappa shape index (κ1) is 12.1. The van der Waals surface area contributed by atoms with Gasteiger partial charge in [-0.25, -0.2) is 8.42 Å². The average molecular weight is 253 g/mol. The van der Waals surface area contributed by atoms with Gasteiger partial charge in [0.05, 0.1) is 4.90 Å². The maximum Gasteiger partial charge on any atom is 0.175 e. The van der Waals surface area contributed by atoms with Crippen LogP contribution in [0.1, 0.15) is 5.56 Å². The van der Waals surface area contributed by atoms with E-state index in [4.69, 9.17) is 5.11 Å². The van der Waals surface area contributed by atoms with Crippen LogP contribution in [0.4, 0.5) is 0 Å². The summed E-state index contributed by atoms with van der Waals surface area (Å²) in [5, 5.41) is 9.88. The number of nitrogens with zero attached hydrogens (tertiary/aromatic N) is 1. The number of aliphatic hydroxyl groups excluding tert-OH is 1.